The van der Waals surface area contributed by atoms with Crippen molar-refractivity contribution in [1.29, 1.82) is 0 Å². The number of hydrogen-bond donors (Lipinski definition) is 0. The predicted octanol–water partition coefficient (Wildman–Crippen LogP) is 0.837. The fourth-order valence-electron chi connectivity index (χ4n) is 2.59. The van der Waals surface area contributed by atoms with Crippen LogP contribution in [0.5, 0.6) is 0 Å². The summed E-state index contributed by atoms with van der Waals surface area (Å²) in [7, 11) is -3.14. The zero-order chi connectivity index (χ0) is 14.3. The molecule has 0 saturated carbocycles. The second-order valence-corrected chi connectivity index (χ2v) is 8.95. The van der Waals surface area contributed by atoms with Crippen molar-refractivity contribution in [3.05, 3.63) is 0 Å². The summed E-state index contributed by atoms with van der Waals surface area (Å²) in [5, 5.41) is 0. The van der Waals surface area contributed by atoms with Gasteiger partial charge in [0, 0.05) is 19.7 Å². The molecule has 0 spiro atoms. The van der Waals surface area contributed by atoms with E-state index in [1.165, 1.54) is 0 Å². The Labute approximate surface area is 115 Å². The lowest BCUT2D eigenvalue weighted by Crippen LogP contribution is -2.42. The van der Waals surface area contributed by atoms with Crippen LogP contribution in [-0.4, -0.2) is 55.5 Å². The molecule has 2 heterocycles. The van der Waals surface area contributed by atoms with Crippen molar-refractivity contribution >= 4 is 15.7 Å². The molecule has 2 atom stereocenters. The van der Waals surface area contributed by atoms with E-state index in [9.17, 15) is 13.2 Å². The maximum atomic E-state index is 12.4. The summed E-state index contributed by atoms with van der Waals surface area (Å²) in [5.41, 5.74) is 0. The SMILES string of the molecule is C[C@@H]1CCO[C@@H]1C(=O)N1CCC(C)(C)S(=O)(=O)CC1. The zero-order valence-electron chi connectivity index (χ0n) is 11.9. The van der Waals surface area contributed by atoms with Gasteiger partial charge in [-0.05, 0) is 32.6 Å². The highest BCUT2D eigenvalue weighted by molar-refractivity contribution is 7.92. The molecular weight excluding hydrogens is 266 g/mol. The minimum absolute atomic E-state index is 0.0436. The van der Waals surface area contributed by atoms with E-state index in [2.05, 4.69) is 0 Å². The molecule has 0 N–H and O–H groups in total. The topological polar surface area (TPSA) is 63.7 Å². The van der Waals surface area contributed by atoms with Crippen LogP contribution >= 0.6 is 0 Å². The molecule has 0 aromatic heterocycles. The first-order chi connectivity index (χ1) is 8.74. The molecule has 0 aromatic rings. The Morgan fingerprint density at radius 3 is 2.58 bits per heavy atom. The van der Waals surface area contributed by atoms with E-state index in [-0.39, 0.29) is 30.2 Å². The second-order valence-electron chi connectivity index (χ2n) is 6.21. The molecule has 0 unspecified atom stereocenters. The quantitative estimate of drug-likeness (QED) is 0.717. The van der Waals surface area contributed by atoms with Crippen molar-refractivity contribution in [3.8, 4) is 0 Å². The summed E-state index contributed by atoms with van der Waals surface area (Å²) < 4.78 is 29.0. The Hall–Kier alpha value is -0.620. The van der Waals surface area contributed by atoms with Gasteiger partial charge in [-0.1, -0.05) is 6.92 Å². The molecule has 19 heavy (non-hydrogen) atoms. The molecule has 0 aliphatic carbocycles. The Bertz CT molecular complexity index is 457. The van der Waals surface area contributed by atoms with Crippen LogP contribution in [0.3, 0.4) is 0 Å². The van der Waals surface area contributed by atoms with Gasteiger partial charge in [-0.15, -0.1) is 0 Å². The lowest BCUT2D eigenvalue weighted by molar-refractivity contribution is -0.142. The fourth-order valence-corrected chi connectivity index (χ4v) is 4.01. The number of hydrogen-bond acceptors (Lipinski definition) is 4. The molecule has 2 rings (SSSR count). The van der Waals surface area contributed by atoms with Gasteiger partial charge in [0.2, 0.25) is 0 Å². The van der Waals surface area contributed by atoms with E-state index >= 15 is 0 Å². The van der Waals surface area contributed by atoms with Gasteiger partial charge in [-0.25, -0.2) is 8.42 Å². The zero-order valence-corrected chi connectivity index (χ0v) is 12.7. The van der Waals surface area contributed by atoms with E-state index in [4.69, 9.17) is 4.74 Å². The molecule has 110 valence electrons. The van der Waals surface area contributed by atoms with Gasteiger partial charge < -0.3 is 9.64 Å². The van der Waals surface area contributed by atoms with Crippen LogP contribution < -0.4 is 0 Å². The maximum Gasteiger partial charge on any atom is 0.252 e. The summed E-state index contributed by atoms with van der Waals surface area (Å²) >= 11 is 0. The van der Waals surface area contributed by atoms with E-state index in [0.29, 0.717) is 19.6 Å². The third-order valence-electron chi connectivity index (χ3n) is 4.40. The Balaban J connectivity index is 2.09. The molecule has 0 radical (unpaired) electrons. The first-order valence-electron chi connectivity index (χ1n) is 6.87. The molecule has 2 aliphatic heterocycles. The second kappa shape index (κ2) is 5.05. The summed E-state index contributed by atoms with van der Waals surface area (Å²) in [4.78, 5) is 14.1. The number of carbonyl (C=O) groups is 1. The Morgan fingerprint density at radius 1 is 1.32 bits per heavy atom. The van der Waals surface area contributed by atoms with Crippen molar-refractivity contribution in [3.63, 3.8) is 0 Å². The van der Waals surface area contributed by atoms with Crippen LogP contribution in [-0.2, 0) is 19.4 Å². The van der Waals surface area contributed by atoms with E-state index in [0.717, 1.165) is 6.42 Å². The van der Waals surface area contributed by atoms with Crippen molar-refractivity contribution in [2.24, 2.45) is 5.92 Å². The smallest absolute Gasteiger partial charge is 0.252 e. The molecule has 6 heteroatoms. The predicted molar refractivity (Wildman–Crippen MR) is 72.6 cm³/mol. The molecule has 2 aliphatic rings. The van der Waals surface area contributed by atoms with Crippen LogP contribution in [0.25, 0.3) is 0 Å². The first kappa shape index (κ1) is 14.8. The Kier molecular flexibility index (Phi) is 3.93. The molecule has 5 nitrogen and oxygen atoms in total. The van der Waals surface area contributed by atoms with Gasteiger partial charge in [-0.2, -0.15) is 0 Å². The van der Waals surface area contributed by atoms with E-state index in [1.807, 2.05) is 6.92 Å². The van der Waals surface area contributed by atoms with Gasteiger partial charge in [0.05, 0.1) is 10.5 Å². The summed E-state index contributed by atoms with van der Waals surface area (Å²) in [6.07, 6.45) is 1.000. The van der Waals surface area contributed by atoms with Crippen LogP contribution in [0.15, 0.2) is 0 Å². The van der Waals surface area contributed by atoms with Crippen LogP contribution in [0, 0.1) is 5.92 Å². The summed E-state index contributed by atoms with van der Waals surface area (Å²) in [5.74, 6) is 0.227. The number of amides is 1. The molecular formula is C13H23NO4S. The third kappa shape index (κ3) is 2.79. The normalized spacial score (nSPS) is 33.9. The number of nitrogens with zero attached hydrogens (tertiary/aromatic N) is 1. The van der Waals surface area contributed by atoms with Gasteiger partial charge >= 0.3 is 0 Å². The van der Waals surface area contributed by atoms with Gasteiger partial charge in [-0.3, -0.25) is 4.79 Å². The van der Waals surface area contributed by atoms with Crippen molar-refractivity contribution in [2.45, 2.75) is 44.5 Å². The fraction of sp³-hybridized carbons (Fsp3) is 0.923. The monoisotopic (exact) mass is 289 g/mol. The van der Waals surface area contributed by atoms with Crippen LogP contribution in [0.1, 0.15) is 33.6 Å². The van der Waals surface area contributed by atoms with Crippen LogP contribution in [0.4, 0.5) is 0 Å². The van der Waals surface area contributed by atoms with Crippen LogP contribution in [0.2, 0.25) is 0 Å². The molecule has 0 aromatic carbocycles. The highest BCUT2D eigenvalue weighted by Crippen LogP contribution is 2.27. The van der Waals surface area contributed by atoms with Crippen molar-refractivity contribution in [1.82, 2.24) is 4.90 Å². The number of carbonyl (C=O) groups excluding carboxylic acids is 1. The third-order valence-corrected chi connectivity index (χ3v) is 7.01. The summed E-state index contributed by atoms with van der Waals surface area (Å²) in [6.45, 7) is 6.90. The van der Waals surface area contributed by atoms with E-state index < -0.39 is 14.6 Å². The average Bonchev–Trinajstić information content (AvgIpc) is 2.69. The average molecular weight is 289 g/mol. The maximum absolute atomic E-state index is 12.4. The first-order valence-corrected chi connectivity index (χ1v) is 8.52. The van der Waals surface area contributed by atoms with E-state index in [1.54, 1.807) is 18.7 Å². The van der Waals surface area contributed by atoms with Gasteiger partial charge in [0.1, 0.15) is 6.10 Å². The number of rotatable bonds is 1. The summed E-state index contributed by atoms with van der Waals surface area (Å²) in [6, 6.07) is 0. The number of sulfone groups is 1. The van der Waals surface area contributed by atoms with Crippen molar-refractivity contribution in [2.75, 3.05) is 25.4 Å². The van der Waals surface area contributed by atoms with Gasteiger partial charge in [0.25, 0.3) is 5.91 Å². The highest BCUT2D eigenvalue weighted by Gasteiger charge is 2.40. The lowest BCUT2D eigenvalue weighted by atomic mass is 10.0. The molecule has 2 saturated heterocycles. The lowest BCUT2D eigenvalue weighted by Gasteiger charge is -2.25. The molecule has 0 bridgehead atoms. The standard InChI is InChI=1S/C13H23NO4S/c1-10-4-8-18-11(10)12(15)14-6-5-13(2,3)19(16,17)9-7-14/h10-11H,4-9H2,1-3H3/t10-,11+/m1/s1. The largest absolute Gasteiger partial charge is 0.368 e. The Morgan fingerprint density at radius 2 is 2.00 bits per heavy atom. The molecule has 1 amide bonds. The minimum Gasteiger partial charge on any atom is -0.368 e. The minimum atomic E-state index is -3.14. The molecule has 2 fully saturated rings. The van der Waals surface area contributed by atoms with Crippen molar-refractivity contribution < 1.29 is 17.9 Å². The van der Waals surface area contributed by atoms with Gasteiger partial charge in [0.15, 0.2) is 9.84 Å². The number of ether oxygens (including phenoxy) is 1. The highest BCUT2D eigenvalue weighted by atomic mass is 32.2.